The molecule has 3 amide bonds. The monoisotopic (exact) mass is 674 g/mol. The van der Waals surface area contributed by atoms with E-state index in [1.165, 1.54) is 11.8 Å². The van der Waals surface area contributed by atoms with Crippen molar-refractivity contribution in [2.75, 3.05) is 29.6 Å². The van der Waals surface area contributed by atoms with E-state index in [-0.39, 0.29) is 11.6 Å². The Morgan fingerprint density at radius 3 is 2.00 bits per heavy atom. The third kappa shape index (κ3) is 9.15. The van der Waals surface area contributed by atoms with Gasteiger partial charge in [-0.05, 0) is 90.4 Å². The minimum atomic E-state index is -0.548. The second-order valence-electron chi connectivity index (χ2n) is 11.2. The Morgan fingerprint density at radius 2 is 1.38 bits per heavy atom. The van der Waals surface area contributed by atoms with Crippen LogP contribution >= 0.6 is 23.4 Å². The van der Waals surface area contributed by atoms with E-state index in [2.05, 4.69) is 16.0 Å². The first-order valence-electron chi connectivity index (χ1n) is 15.2. The normalized spacial score (nSPS) is 11.7. The number of rotatable bonds is 11. The lowest BCUT2D eigenvalue weighted by Gasteiger charge is -2.18. The number of anilines is 3. The standard InChI is InChI=1S/C39H35ClN4O3S/c1-26-14-17-31(25-34(26)40)42-39(47)36(28-10-6-4-7-11-28)48-33-22-18-30(19-23-33)41-38(46)35(43-37(45)29-12-8-5-9-13-29)24-27-15-20-32(21-16-27)44(2)3/h4-25,36H,1-3H3,(H,41,46)(H,42,47)(H,43,45)/b35-24-. The summed E-state index contributed by atoms with van der Waals surface area (Å²) in [5, 5.41) is 8.69. The largest absolute Gasteiger partial charge is 0.378 e. The molecule has 0 fully saturated rings. The molecule has 242 valence electrons. The number of benzene rings is 5. The number of nitrogens with zero attached hydrogens (tertiary/aromatic N) is 1. The van der Waals surface area contributed by atoms with Crippen LogP contribution in [0.5, 0.6) is 0 Å². The molecule has 1 unspecified atom stereocenters. The van der Waals surface area contributed by atoms with E-state index in [1.54, 1.807) is 48.5 Å². The maximum absolute atomic E-state index is 13.5. The molecule has 3 N–H and O–H groups in total. The molecule has 48 heavy (non-hydrogen) atoms. The fourth-order valence-corrected chi connectivity index (χ4v) is 5.91. The summed E-state index contributed by atoms with van der Waals surface area (Å²) in [4.78, 5) is 42.9. The summed E-state index contributed by atoms with van der Waals surface area (Å²) in [6.07, 6.45) is 1.64. The zero-order valence-corrected chi connectivity index (χ0v) is 28.3. The molecular weight excluding hydrogens is 640 g/mol. The molecule has 0 aliphatic heterocycles. The quantitative estimate of drug-likeness (QED) is 0.0965. The van der Waals surface area contributed by atoms with Crippen LogP contribution in [0.3, 0.4) is 0 Å². The van der Waals surface area contributed by atoms with Gasteiger partial charge in [-0.15, -0.1) is 11.8 Å². The van der Waals surface area contributed by atoms with Gasteiger partial charge in [0.15, 0.2) is 0 Å². The molecule has 7 nitrogen and oxygen atoms in total. The van der Waals surface area contributed by atoms with Crippen LogP contribution in [0.15, 0.2) is 138 Å². The number of halogens is 1. The number of amides is 3. The Kier molecular flexibility index (Phi) is 11.3. The molecule has 0 radical (unpaired) electrons. The van der Waals surface area contributed by atoms with Crippen LogP contribution in [0.25, 0.3) is 6.08 Å². The molecular formula is C39H35ClN4O3S. The molecule has 5 aromatic rings. The van der Waals surface area contributed by atoms with Gasteiger partial charge < -0.3 is 20.9 Å². The fraction of sp³-hybridized carbons (Fsp3) is 0.103. The minimum Gasteiger partial charge on any atom is -0.378 e. The lowest BCUT2D eigenvalue weighted by molar-refractivity contribution is -0.116. The van der Waals surface area contributed by atoms with E-state index < -0.39 is 17.1 Å². The summed E-state index contributed by atoms with van der Waals surface area (Å²) in [5.74, 6) is -1.06. The van der Waals surface area contributed by atoms with E-state index >= 15 is 0 Å². The maximum atomic E-state index is 13.5. The van der Waals surface area contributed by atoms with Crippen molar-refractivity contribution >= 4 is 64.2 Å². The van der Waals surface area contributed by atoms with Crippen LogP contribution in [0, 0.1) is 6.92 Å². The average molecular weight is 675 g/mol. The average Bonchev–Trinajstić information content (AvgIpc) is 3.10. The number of hydrogen-bond donors (Lipinski definition) is 3. The first-order valence-corrected chi connectivity index (χ1v) is 16.5. The van der Waals surface area contributed by atoms with Gasteiger partial charge in [0.25, 0.3) is 11.8 Å². The van der Waals surface area contributed by atoms with Crippen molar-refractivity contribution in [2.24, 2.45) is 0 Å². The van der Waals surface area contributed by atoms with Crippen LogP contribution in [0.4, 0.5) is 17.1 Å². The van der Waals surface area contributed by atoms with Crippen molar-refractivity contribution in [1.29, 1.82) is 0 Å². The second-order valence-corrected chi connectivity index (χ2v) is 12.8. The third-order valence-corrected chi connectivity index (χ3v) is 9.07. The highest BCUT2D eigenvalue weighted by Crippen LogP contribution is 2.37. The van der Waals surface area contributed by atoms with Gasteiger partial charge in [0.2, 0.25) is 5.91 Å². The van der Waals surface area contributed by atoms with Crippen LogP contribution in [-0.4, -0.2) is 31.8 Å². The number of carbonyl (C=O) groups is 3. The van der Waals surface area contributed by atoms with Crippen LogP contribution in [0.1, 0.15) is 32.3 Å². The van der Waals surface area contributed by atoms with Crippen molar-refractivity contribution in [3.63, 3.8) is 0 Å². The van der Waals surface area contributed by atoms with Crippen LogP contribution < -0.4 is 20.9 Å². The highest BCUT2D eigenvalue weighted by molar-refractivity contribution is 8.00. The van der Waals surface area contributed by atoms with E-state index in [1.807, 2.05) is 111 Å². The van der Waals surface area contributed by atoms with Crippen molar-refractivity contribution in [1.82, 2.24) is 5.32 Å². The van der Waals surface area contributed by atoms with Crippen LogP contribution in [-0.2, 0) is 9.59 Å². The summed E-state index contributed by atoms with van der Waals surface area (Å²) in [6, 6.07) is 38.6. The van der Waals surface area contributed by atoms with E-state index in [0.29, 0.717) is 22.0 Å². The highest BCUT2D eigenvalue weighted by Gasteiger charge is 2.23. The molecule has 0 aliphatic carbocycles. The molecule has 1 atom stereocenters. The summed E-state index contributed by atoms with van der Waals surface area (Å²) in [7, 11) is 3.90. The Bertz CT molecular complexity index is 1910. The zero-order valence-electron chi connectivity index (χ0n) is 26.7. The molecule has 0 heterocycles. The molecule has 0 aromatic heterocycles. The van der Waals surface area contributed by atoms with E-state index in [0.717, 1.165) is 27.3 Å². The number of thioether (sulfide) groups is 1. The lowest BCUT2D eigenvalue weighted by Crippen LogP contribution is -2.30. The Hall–Kier alpha value is -5.31. The summed E-state index contributed by atoms with van der Waals surface area (Å²) < 4.78 is 0. The van der Waals surface area contributed by atoms with Crippen molar-refractivity contribution < 1.29 is 14.4 Å². The molecule has 0 saturated carbocycles. The van der Waals surface area contributed by atoms with Gasteiger partial charge in [0, 0.05) is 46.6 Å². The van der Waals surface area contributed by atoms with Crippen molar-refractivity contribution in [2.45, 2.75) is 17.1 Å². The van der Waals surface area contributed by atoms with Gasteiger partial charge in [-0.1, -0.05) is 78.3 Å². The SMILES string of the molecule is Cc1ccc(NC(=O)C(Sc2ccc(NC(=O)/C(=C/c3ccc(N(C)C)cc3)NC(=O)c3ccccc3)cc2)c2ccccc2)cc1Cl. The molecule has 0 bridgehead atoms. The van der Waals surface area contributed by atoms with Crippen LogP contribution in [0.2, 0.25) is 5.02 Å². The van der Waals surface area contributed by atoms with Crippen molar-refractivity contribution in [3.05, 3.63) is 160 Å². The molecule has 5 aromatic carbocycles. The number of nitrogens with one attached hydrogen (secondary N) is 3. The minimum absolute atomic E-state index is 0.0944. The van der Waals surface area contributed by atoms with Gasteiger partial charge >= 0.3 is 0 Å². The zero-order chi connectivity index (χ0) is 34.0. The highest BCUT2D eigenvalue weighted by atomic mass is 35.5. The van der Waals surface area contributed by atoms with E-state index in [4.69, 9.17) is 11.6 Å². The fourth-order valence-electron chi connectivity index (χ4n) is 4.71. The Morgan fingerprint density at radius 1 is 0.750 bits per heavy atom. The van der Waals surface area contributed by atoms with Gasteiger partial charge in [-0.2, -0.15) is 0 Å². The molecule has 9 heteroatoms. The van der Waals surface area contributed by atoms with Gasteiger partial charge in [0.05, 0.1) is 0 Å². The Balaban J connectivity index is 1.33. The van der Waals surface area contributed by atoms with Crippen molar-refractivity contribution in [3.8, 4) is 0 Å². The summed E-state index contributed by atoms with van der Waals surface area (Å²) >= 11 is 7.68. The second kappa shape index (κ2) is 16.0. The lowest BCUT2D eigenvalue weighted by atomic mass is 10.1. The molecule has 0 saturated heterocycles. The predicted octanol–water partition coefficient (Wildman–Crippen LogP) is 8.60. The molecule has 0 aliphatic rings. The van der Waals surface area contributed by atoms with Gasteiger partial charge in [0.1, 0.15) is 10.9 Å². The summed E-state index contributed by atoms with van der Waals surface area (Å²) in [6.45, 7) is 1.91. The molecule has 5 rings (SSSR count). The smallest absolute Gasteiger partial charge is 0.272 e. The third-order valence-electron chi connectivity index (χ3n) is 7.40. The molecule has 0 spiro atoms. The number of aryl methyl sites for hydroxylation is 1. The topological polar surface area (TPSA) is 90.5 Å². The van der Waals surface area contributed by atoms with E-state index in [9.17, 15) is 14.4 Å². The van der Waals surface area contributed by atoms with Gasteiger partial charge in [-0.3, -0.25) is 14.4 Å². The Labute approximate surface area is 290 Å². The maximum Gasteiger partial charge on any atom is 0.272 e. The predicted molar refractivity (Wildman–Crippen MR) is 198 cm³/mol. The first-order chi connectivity index (χ1) is 23.2. The van der Waals surface area contributed by atoms with Gasteiger partial charge in [-0.25, -0.2) is 0 Å². The summed E-state index contributed by atoms with van der Waals surface area (Å²) in [5.41, 5.74) is 5.21. The number of carbonyl (C=O) groups excluding carboxylic acids is 3. The number of hydrogen-bond acceptors (Lipinski definition) is 5. The first kappa shape index (κ1) is 34.0.